The average molecular weight is 495 g/mol. The molecule has 8 nitrogen and oxygen atoms in total. The molecule has 1 aromatic heterocycles. The predicted molar refractivity (Wildman–Crippen MR) is 142 cm³/mol. The van der Waals surface area contributed by atoms with Crippen LogP contribution in [0.15, 0.2) is 76.3 Å². The lowest BCUT2D eigenvalue weighted by molar-refractivity contribution is 0.0827. The van der Waals surface area contributed by atoms with Gasteiger partial charge < -0.3 is 20.4 Å². The Balaban J connectivity index is 0.00000210. The van der Waals surface area contributed by atoms with Gasteiger partial charge in [-0.2, -0.15) is 0 Å². The molecule has 2 aromatic carbocycles. The number of carbonyl (C=O) groups is 1. The van der Waals surface area contributed by atoms with Crippen LogP contribution in [-0.2, 0) is 6.54 Å². The molecule has 0 spiro atoms. The fourth-order valence-electron chi connectivity index (χ4n) is 2.87. The summed E-state index contributed by atoms with van der Waals surface area (Å²) < 4.78 is 5.72. The molecule has 0 fully saturated rings. The SMILES string of the molecule is C=CC(=N/C(=C(\C)N)c1nnc(NCc2ccc(Cl)cc2)o1)c1ccc(C(=O)N(C)C)cc1.CC. The van der Waals surface area contributed by atoms with Crippen molar-refractivity contribution in [2.75, 3.05) is 19.4 Å². The van der Waals surface area contributed by atoms with Gasteiger partial charge in [-0.1, -0.05) is 61.4 Å². The summed E-state index contributed by atoms with van der Waals surface area (Å²) in [5.41, 5.74) is 9.70. The van der Waals surface area contributed by atoms with Gasteiger partial charge in [-0.25, -0.2) is 4.99 Å². The first-order chi connectivity index (χ1) is 16.8. The number of aliphatic imine (C=N–C) groups is 1. The predicted octanol–water partition coefficient (Wildman–Crippen LogP) is 5.39. The van der Waals surface area contributed by atoms with Gasteiger partial charge in [0.1, 0.15) is 5.70 Å². The highest BCUT2D eigenvalue weighted by Crippen LogP contribution is 2.21. The molecule has 0 saturated carbocycles. The van der Waals surface area contributed by atoms with E-state index in [-0.39, 0.29) is 17.8 Å². The summed E-state index contributed by atoms with van der Waals surface area (Å²) in [6.07, 6.45) is 1.60. The van der Waals surface area contributed by atoms with Gasteiger partial charge in [0.05, 0.1) is 5.71 Å². The zero-order valence-corrected chi connectivity index (χ0v) is 21.4. The number of amides is 1. The molecule has 0 bridgehead atoms. The molecule has 3 N–H and O–H groups in total. The summed E-state index contributed by atoms with van der Waals surface area (Å²) in [6.45, 7) is 10.0. The second-order valence-corrected chi connectivity index (χ2v) is 7.84. The largest absolute Gasteiger partial charge is 0.402 e. The molecule has 3 aromatic rings. The highest BCUT2D eigenvalue weighted by Gasteiger charge is 2.15. The molecule has 0 saturated heterocycles. The summed E-state index contributed by atoms with van der Waals surface area (Å²) in [6, 6.07) is 14.7. The van der Waals surface area contributed by atoms with E-state index in [9.17, 15) is 4.79 Å². The zero-order chi connectivity index (χ0) is 26.0. The van der Waals surface area contributed by atoms with E-state index in [1.807, 2.05) is 38.1 Å². The lowest BCUT2D eigenvalue weighted by Crippen LogP contribution is -2.21. The van der Waals surface area contributed by atoms with E-state index in [4.69, 9.17) is 21.8 Å². The number of benzene rings is 2. The minimum Gasteiger partial charge on any atom is -0.402 e. The van der Waals surface area contributed by atoms with Crippen LogP contribution in [-0.4, -0.2) is 40.8 Å². The van der Waals surface area contributed by atoms with E-state index in [2.05, 4.69) is 27.1 Å². The van der Waals surface area contributed by atoms with E-state index in [1.165, 1.54) is 4.90 Å². The van der Waals surface area contributed by atoms with Crippen molar-refractivity contribution in [3.63, 3.8) is 0 Å². The monoisotopic (exact) mass is 494 g/mol. The van der Waals surface area contributed by atoms with Gasteiger partial charge in [0, 0.05) is 42.5 Å². The number of allylic oxidation sites excluding steroid dienone is 2. The molecule has 1 heterocycles. The van der Waals surface area contributed by atoms with Crippen LogP contribution in [0.3, 0.4) is 0 Å². The smallest absolute Gasteiger partial charge is 0.316 e. The Morgan fingerprint density at radius 2 is 1.71 bits per heavy atom. The Hall–Kier alpha value is -3.91. The fraction of sp³-hybridized carbons (Fsp3) is 0.231. The maximum Gasteiger partial charge on any atom is 0.316 e. The first-order valence-electron chi connectivity index (χ1n) is 11.1. The molecule has 0 aliphatic heterocycles. The van der Waals surface area contributed by atoms with Crippen molar-refractivity contribution in [1.29, 1.82) is 0 Å². The maximum absolute atomic E-state index is 12.1. The van der Waals surface area contributed by atoms with Crippen molar-refractivity contribution in [3.05, 3.63) is 94.5 Å². The van der Waals surface area contributed by atoms with Gasteiger partial charge in [-0.3, -0.25) is 4.79 Å². The molecule has 0 aliphatic rings. The number of halogens is 1. The van der Waals surface area contributed by atoms with Crippen LogP contribution in [0.5, 0.6) is 0 Å². The van der Waals surface area contributed by atoms with Crippen LogP contribution < -0.4 is 11.1 Å². The third-order valence-electron chi connectivity index (χ3n) is 4.62. The average Bonchev–Trinajstić information content (AvgIpc) is 3.33. The Labute approximate surface area is 211 Å². The van der Waals surface area contributed by atoms with Crippen LogP contribution in [0.4, 0.5) is 6.01 Å². The number of anilines is 1. The highest BCUT2D eigenvalue weighted by atomic mass is 35.5. The van der Waals surface area contributed by atoms with Crippen molar-refractivity contribution >= 4 is 34.9 Å². The zero-order valence-electron chi connectivity index (χ0n) is 20.7. The molecule has 1 amide bonds. The first-order valence-corrected chi connectivity index (χ1v) is 11.5. The van der Waals surface area contributed by atoms with Gasteiger partial charge in [-0.05, 0) is 42.8 Å². The summed E-state index contributed by atoms with van der Waals surface area (Å²) in [7, 11) is 3.41. The standard InChI is InChI=1S/C24H25ClN6O2.C2H6/c1-5-20(17-8-10-18(11-9-17)23(32)31(3)4)28-21(15(2)26)22-29-30-24(33-22)27-14-16-6-12-19(25)13-7-16;1-2/h5-13H,1,14,26H2,2-4H3,(H,27,30);1-2H3/b21-15+,28-20?;. The molecular formula is C26H31ClN6O2. The Morgan fingerprint density at radius 1 is 1.11 bits per heavy atom. The number of rotatable bonds is 8. The number of carbonyl (C=O) groups excluding carboxylic acids is 1. The van der Waals surface area contributed by atoms with Gasteiger partial charge in [0.15, 0.2) is 0 Å². The number of hydrogen-bond acceptors (Lipinski definition) is 7. The summed E-state index contributed by atoms with van der Waals surface area (Å²) in [5.74, 6) is 0.0916. The van der Waals surface area contributed by atoms with Crippen molar-refractivity contribution in [2.24, 2.45) is 10.7 Å². The third-order valence-corrected chi connectivity index (χ3v) is 4.87. The van der Waals surface area contributed by atoms with E-state index >= 15 is 0 Å². The van der Waals surface area contributed by atoms with Crippen LogP contribution in [0.2, 0.25) is 5.02 Å². The Bertz CT molecular complexity index is 1190. The Kier molecular flexibility index (Phi) is 10.2. The lowest BCUT2D eigenvalue weighted by atomic mass is 10.1. The van der Waals surface area contributed by atoms with E-state index in [1.54, 1.807) is 51.4 Å². The minimum absolute atomic E-state index is 0.0819. The van der Waals surface area contributed by atoms with Gasteiger partial charge in [0.2, 0.25) is 0 Å². The normalized spacial score (nSPS) is 11.7. The number of nitrogens with one attached hydrogen (secondary N) is 1. The number of aromatic nitrogens is 2. The quantitative estimate of drug-likeness (QED) is 0.406. The molecular weight excluding hydrogens is 464 g/mol. The molecule has 0 aliphatic carbocycles. The minimum atomic E-state index is -0.0819. The summed E-state index contributed by atoms with van der Waals surface area (Å²) in [4.78, 5) is 18.2. The third kappa shape index (κ3) is 7.55. The van der Waals surface area contributed by atoms with Crippen LogP contribution in [0, 0.1) is 0 Å². The molecule has 3 rings (SSSR count). The van der Waals surface area contributed by atoms with Crippen molar-refractivity contribution in [3.8, 4) is 0 Å². The topological polar surface area (TPSA) is 110 Å². The Morgan fingerprint density at radius 3 is 2.26 bits per heavy atom. The maximum atomic E-state index is 12.1. The van der Waals surface area contributed by atoms with Gasteiger partial charge in [0.25, 0.3) is 11.8 Å². The second kappa shape index (κ2) is 13.1. The van der Waals surface area contributed by atoms with Crippen molar-refractivity contribution < 1.29 is 9.21 Å². The van der Waals surface area contributed by atoms with E-state index in [0.717, 1.165) is 11.1 Å². The molecule has 9 heteroatoms. The van der Waals surface area contributed by atoms with Gasteiger partial charge in [-0.15, -0.1) is 5.10 Å². The van der Waals surface area contributed by atoms with E-state index in [0.29, 0.717) is 34.2 Å². The van der Waals surface area contributed by atoms with Crippen molar-refractivity contribution in [1.82, 2.24) is 15.1 Å². The van der Waals surface area contributed by atoms with Crippen LogP contribution >= 0.6 is 11.6 Å². The van der Waals surface area contributed by atoms with Gasteiger partial charge >= 0.3 is 6.01 Å². The number of hydrogen-bond donors (Lipinski definition) is 2. The van der Waals surface area contributed by atoms with Crippen LogP contribution in [0.25, 0.3) is 5.70 Å². The molecule has 0 unspecified atom stereocenters. The fourth-order valence-corrected chi connectivity index (χ4v) is 2.99. The summed E-state index contributed by atoms with van der Waals surface area (Å²) in [5, 5.41) is 11.8. The van der Waals surface area contributed by atoms with Crippen molar-refractivity contribution in [2.45, 2.75) is 27.3 Å². The van der Waals surface area contributed by atoms with E-state index < -0.39 is 0 Å². The lowest BCUT2D eigenvalue weighted by Gasteiger charge is -2.10. The van der Waals surface area contributed by atoms with Crippen LogP contribution in [0.1, 0.15) is 48.1 Å². The highest BCUT2D eigenvalue weighted by molar-refractivity contribution is 6.30. The second-order valence-electron chi connectivity index (χ2n) is 7.40. The molecule has 0 radical (unpaired) electrons. The first kappa shape index (κ1) is 27.3. The molecule has 184 valence electrons. The molecule has 0 atom stereocenters. The summed E-state index contributed by atoms with van der Waals surface area (Å²) >= 11 is 5.91. The number of nitrogens with two attached hydrogens (primary N) is 1. The molecule has 35 heavy (non-hydrogen) atoms. The number of nitrogens with zero attached hydrogens (tertiary/aromatic N) is 4.